The summed E-state index contributed by atoms with van der Waals surface area (Å²) in [6.45, 7) is 1.72. The zero-order valence-electron chi connectivity index (χ0n) is 8.06. The number of carbonyl (C=O) groups excluding carboxylic acids is 1. The van der Waals surface area contributed by atoms with E-state index in [0.29, 0.717) is 0 Å². The molecule has 0 spiro atoms. The van der Waals surface area contributed by atoms with Gasteiger partial charge in [0, 0.05) is 13.0 Å². The predicted molar refractivity (Wildman–Crippen MR) is 49.5 cm³/mol. The van der Waals surface area contributed by atoms with Crippen molar-refractivity contribution >= 4 is 11.9 Å². The Morgan fingerprint density at radius 3 is 2.43 bits per heavy atom. The quantitative estimate of drug-likeness (QED) is 0.410. The summed E-state index contributed by atoms with van der Waals surface area (Å²) in [7, 11) is 0. The molecule has 82 valence electrons. The number of carbonyl (C=O) groups is 2. The van der Waals surface area contributed by atoms with Crippen molar-refractivity contribution in [3.05, 3.63) is 0 Å². The number of nitrogens with one attached hydrogen (secondary N) is 1. The molecule has 0 aromatic carbocycles. The highest BCUT2D eigenvalue weighted by Gasteiger charge is 2.17. The van der Waals surface area contributed by atoms with Gasteiger partial charge in [-0.25, -0.2) is 0 Å². The summed E-state index contributed by atoms with van der Waals surface area (Å²) in [6.07, 6.45) is -0.466. The van der Waals surface area contributed by atoms with E-state index >= 15 is 0 Å². The second-order valence-corrected chi connectivity index (χ2v) is 3.15. The summed E-state index contributed by atoms with van der Waals surface area (Å²) in [5.41, 5.74) is 4.89. The summed E-state index contributed by atoms with van der Waals surface area (Å²) in [5, 5.41) is 20.2. The van der Waals surface area contributed by atoms with Gasteiger partial charge in [-0.1, -0.05) is 0 Å². The highest BCUT2D eigenvalue weighted by molar-refractivity contribution is 5.77. The standard InChI is InChI=1S/C8H16N2O4/c1-5(11)4-10-6(8(13)14)2-3-7(9)12/h5-6,10-11H,2-4H2,1H3,(H2,9,12)(H,13,14)/t5?,6-/m0/s1. The molecule has 0 aliphatic rings. The Hall–Kier alpha value is -1.14. The number of amides is 1. The summed E-state index contributed by atoms with van der Waals surface area (Å²) in [5.74, 6) is -1.58. The molecule has 2 atom stereocenters. The van der Waals surface area contributed by atoms with Gasteiger partial charge in [0.25, 0.3) is 0 Å². The molecule has 0 aromatic rings. The lowest BCUT2D eigenvalue weighted by molar-refractivity contribution is -0.139. The van der Waals surface area contributed by atoms with E-state index in [1.54, 1.807) is 6.92 Å². The average molecular weight is 204 g/mol. The topological polar surface area (TPSA) is 113 Å². The van der Waals surface area contributed by atoms with Gasteiger partial charge in [-0.05, 0) is 13.3 Å². The average Bonchev–Trinajstić information content (AvgIpc) is 2.02. The maximum Gasteiger partial charge on any atom is 0.320 e. The van der Waals surface area contributed by atoms with Crippen LogP contribution in [0.2, 0.25) is 0 Å². The second kappa shape index (κ2) is 6.33. The van der Waals surface area contributed by atoms with Crippen LogP contribution in [0.25, 0.3) is 0 Å². The normalized spacial score (nSPS) is 14.7. The lowest BCUT2D eigenvalue weighted by Gasteiger charge is -2.14. The molecular weight excluding hydrogens is 188 g/mol. The number of aliphatic hydroxyl groups excluding tert-OH is 1. The molecule has 0 radical (unpaired) electrons. The van der Waals surface area contributed by atoms with E-state index in [1.807, 2.05) is 0 Å². The van der Waals surface area contributed by atoms with E-state index in [-0.39, 0.29) is 19.4 Å². The summed E-state index contributed by atoms with van der Waals surface area (Å²) < 4.78 is 0. The molecule has 0 saturated heterocycles. The third kappa shape index (κ3) is 6.38. The molecule has 6 nitrogen and oxygen atoms in total. The first-order valence-electron chi connectivity index (χ1n) is 4.36. The van der Waals surface area contributed by atoms with Gasteiger partial charge in [0.15, 0.2) is 0 Å². The number of aliphatic carboxylic acids is 1. The molecule has 5 N–H and O–H groups in total. The minimum absolute atomic E-state index is 0.0176. The van der Waals surface area contributed by atoms with Gasteiger partial charge in [0.1, 0.15) is 6.04 Å². The summed E-state index contributed by atoms with van der Waals surface area (Å²) in [6, 6.07) is -0.836. The second-order valence-electron chi connectivity index (χ2n) is 3.15. The first-order chi connectivity index (χ1) is 6.43. The molecule has 0 rings (SSSR count). The zero-order valence-corrected chi connectivity index (χ0v) is 8.06. The molecule has 0 aliphatic carbocycles. The molecule has 1 amide bonds. The number of primary amides is 1. The van der Waals surface area contributed by atoms with E-state index in [9.17, 15) is 9.59 Å². The predicted octanol–water partition coefficient (Wildman–Crippen LogP) is -1.32. The van der Waals surface area contributed by atoms with Crippen molar-refractivity contribution < 1.29 is 19.8 Å². The molecule has 0 aliphatic heterocycles. The van der Waals surface area contributed by atoms with Gasteiger partial charge in [0.05, 0.1) is 6.10 Å². The molecule has 6 heteroatoms. The Bertz CT molecular complexity index is 206. The first-order valence-corrected chi connectivity index (χ1v) is 4.36. The van der Waals surface area contributed by atoms with Gasteiger partial charge >= 0.3 is 5.97 Å². The minimum atomic E-state index is -1.05. The number of carboxylic acid groups (broad SMARTS) is 1. The van der Waals surface area contributed by atoms with E-state index in [0.717, 1.165) is 0 Å². The van der Waals surface area contributed by atoms with E-state index < -0.39 is 24.0 Å². The number of nitrogens with two attached hydrogens (primary N) is 1. The molecule has 0 saturated carbocycles. The largest absolute Gasteiger partial charge is 0.480 e. The van der Waals surface area contributed by atoms with Crippen molar-refractivity contribution in [2.75, 3.05) is 6.54 Å². The monoisotopic (exact) mass is 204 g/mol. The Morgan fingerprint density at radius 2 is 2.07 bits per heavy atom. The van der Waals surface area contributed by atoms with E-state index in [1.165, 1.54) is 0 Å². The molecule has 0 bridgehead atoms. The summed E-state index contributed by atoms with van der Waals surface area (Å²) in [4.78, 5) is 21.0. The van der Waals surface area contributed by atoms with Crippen LogP contribution in [0.4, 0.5) is 0 Å². The smallest absolute Gasteiger partial charge is 0.320 e. The molecule has 0 fully saturated rings. The number of aliphatic hydroxyl groups is 1. The van der Waals surface area contributed by atoms with Crippen molar-refractivity contribution in [3.8, 4) is 0 Å². The van der Waals surface area contributed by atoms with E-state index in [2.05, 4.69) is 5.32 Å². The highest BCUT2D eigenvalue weighted by Crippen LogP contribution is 1.97. The van der Waals surface area contributed by atoms with Crippen LogP contribution in [0.15, 0.2) is 0 Å². The van der Waals surface area contributed by atoms with Crippen LogP contribution in [0.3, 0.4) is 0 Å². The first kappa shape index (κ1) is 12.9. The van der Waals surface area contributed by atoms with Gasteiger partial charge in [-0.3, -0.25) is 9.59 Å². The van der Waals surface area contributed by atoms with Gasteiger partial charge < -0.3 is 21.3 Å². The van der Waals surface area contributed by atoms with Gasteiger partial charge in [-0.15, -0.1) is 0 Å². The number of rotatable bonds is 7. The van der Waals surface area contributed by atoms with E-state index in [4.69, 9.17) is 15.9 Å². The van der Waals surface area contributed by atoms with Crippen LogP contribution in [0.1, 0.15) is 19.8 Å². The molecule has 0 aromatic heterocycles. The van der Waals surface area contributed by atoms with Crippen molar-refractivity contribution in [2.45, 2.75) is 31.9 Å². The van der Waals surface area contributed by atoms with Crippen molar-refractivity contribution in [1.29, 1.82) is 0 Å². The molecule has 1 unspecified atom stereocenters. The van der Waals surface area contributed by atoms with Crippen LogP contribution >= 0.6 is 0 Å². The fraction of sp³-hybridized carbons (Fsp3) is 0.750. The highest BCUT2D eigenvalue weighted by atomic mass is 16.4. The third-order valence-electron chi connectivity index (χ3n) is 1.64. The van der Waals surface area contributed by atoms with Crippen LogP contribution < -0.4 is 11.1 Å². The molecule has 0 heterocycles. The fourth-order valence-corrected chi connectivity index (χ4v) is 0.912. The van der Waals surface area contributed by atoms with Crippen molar-refractivity contribution in [3.63, 3.8) is 0 Å². The summed E-state index contributed by atoms with van der Waals surface area (Å²) >= 11 is 0. The molecule has 14 heavy (non-hydrogen) atoms. The Labute approximate surface area is 82.1 Å². The lowest BCUT2D eigenvalue weighted by Crippen LogP contribution is -2.40. The number of carboxylic acids is 1. The van der Waals surface area contributed by atoms with Crippen LogP contribution in [-0.2, 0) is 9.59 Å². The Balaban J connectivity index is 3.90. The lowest BCUT2D eigenvalue weighted by atomic mass is 10.1. The van der Waals surface area contributed by atoms with Crippen LogP contribution in [0, 0.1) is 0 Å². The number of hydrogen-bond donors (Lipinski definition) is 4. The van der Waals surface area contributed by atoms with Crippen molar-refractivity contribution in [1.82, 2.24) is 5.32 Å². The Kier molecular flexibility index (Phi) is 5.82. The van der Waals surface area contributed by atoms with Gasteiger partial charge in [-0.2, -0.15) is 0 Å². The SMILES string of the molecule is CC(O)CN[C@@H](CCC(N)=O)C(=O)O. The Morgan fingerprint density at radius 1 is 1.50 bits per heavy atom. The molecular formula is C8H16N2O4. The maximum absolute atomic E-state index is 10.6. The zero-order chi connectivity index (χ0) is 11.1. The van der Waals surface area contributed by atoms with Crippen molar-refractivity contribution in [2.24, 2.45) is 5.73 Å². The third-order valence-corrected chi connectivity index (χ3v) is 1.64. The van der Waals surface area contributed by atoms with Crippen LogP contribution in [0.5, 0.6) is 0 Å². The fourth-order valence-electron chi connectivity index (χ4n) is 0.912. The minimum Gasteiger partial charge on any atom is -0.480 e. The van der Waals surface area contributed by atoms with Crippen LogP contribution in [-0.4, -0.2) is 40.8 Å². The van der Waals surface area contributed by atoms with Gasteiger partial charge in [0.2, 0.25) is 5.91 Å². The maximum atomic E-state index is 10.6. The number of hydrogen-bond acceptors (Lipinski definition) is 4.